The van der Waals surface area contributed by atoms with Crippen molar-refractivity contribution in [2.24, 2.45) is 10.8 Å². The molecule has 0 nitrogen and oxygen atoms in total. The molecule has 0 aromatic carbocycles. The fourth-order valence-electron chi connectivity index (χ4n) is 3.34. The van der Waals surface area contributed by atoms with Gasteiger partial charge in [-0.2, -0.15) is 0 Å². The van der Waals surface area contributed by atoms with Crippen molar-refractivity contribution in [3.63, 3.8) is 0 Å². The molecule has 0 N–H and O–H groups in total. The van der Waals surface area contributed by atoms with Crippen molar-refractivity contribution in [1.29, 1.82) is 0 Å². The van der Waals surface area contributed by atoms with Crippen molar-refractivity contribution in [3.05, 3.63) is 24.3 Å². The summed E-state index contributed by atoms with van der Waals surface area (Å²) in [7, 11) is 12.5. The monoisotopic (exact) mass is 494 g/mol. The van der Waals surface area contributed by atoms with Crippen LogP contribution in [-0.4, -0.2) is 34.5 Å². The van der Waals surface area contributed by atoms with Crippen molar-refractivity contribution >= 4 is 64.8 Å². The fraction of sp³-hybridized carbons (Fsp3) is 0.818. The van der Waals surface area contributed by atoms with E-state index < -0.39 is 0 Å². The lowest BCUT2D eigenvalue weighted by Crippen LogP contribution is -2.22. The van der Waals surface area contributed by atoms with Crippen LogP contribution in [0.25, 0.3) is 0 Å². The second kappa shape index (κ2) is 15.4. The van der Waals surface area contributed by atoms with Crippen LogP contribution in [0.2, 0.25) is 0 Å². The van der Waals surface area contributed by atoms with Crippen molar-refractivity contribution in [1.82, 2.24) is 0 Å². The van der Waals surface area contributed by atoms with Gasteiger partial charge in [-0.25, -0.2) is 0 Å². The molecule has 0 unspecified atom stereocenters. The Hall–Kier alpha value is 1.58. The van der Waals surface area contributed by atoms with Crippen LogP contribution in [0.4, 0.5) is 0 Å². The highest BCUT2D eigenvalue weighted by Crippen LogP contribution is 2.45. The summed E-state index contributed by atoms with van der Waals surface area (Å²) >= 11 is 0. The second-order valence-corrected chi connectivity index (χ2v) is 15.8. The molecule has 1 aliphatic heterocycles. The SMILES string of the molecule is C1=CCC2(C1)CSSCCCSSC2.CCCCSSCC1(CC)CC=CC1. The zero-order chi connectivity index (χ0) is 20.0. The van der Waals surface area contributed by atoms with E-state index in [9.17, 15) is 0 Å². The van der Waals surface area contributed by atoms with Gasteiger partial charge in [-0.3, -0.25) is 0 Å². The average Bonchev–Trinajstić information content (AvgIpc) is 3.38. The first kappa shape index (κ1) is 25.8. The van der Waals surface area contributed by atoms with Gasteiger partial charge in [0, 0.05) is 34.5 Å². The van der Waals surface area contributed by atoms with E-state index >= 15 is 0 Å². The lowest BCUT2D eigenvalue weighted by molar-refractivity contribution is 0.348. The molecule has 0 radical (unpaired) electrons. The second-order valence-electron chi connectivity index (χ2n) is 8.07. The number of allylic oxidation sites excluding steroid dienone is 4. The van der Waals surface area contributed by atoms with Gasteiger partial charge in [-0.05, 0) is 55.8 Å². The third-order valence-corrected chi connectivity index (χ3v) is 13.8. The van der Waals surface area contributed by atoms with E-state index in [0.29, 0.717) is 10.8 Å². The minimum Gasteiger partial charge on any atom is -0.0941 e. The normalized spacial score (nSPS) is 23.5. The van der Waals surface area contributed by atoms with Crippen LogP contribution in [0.15, 0.2) is 24.3 Å². The predicted octanol–water partition coefficient (Wildman–Crippen LogP) is 9.40. The summed E-state index contributed by atoms with van der Waals surface area (Å²) in [6.07, 6.45) is 20.1. The zero-order valence-electron chi connectivity index (χ0n) is 17.7. The zero-order valence-corrected chi connectivity index (χ0v) is 22.6. The minimum absolute atomic E-state index is 0.604. The summed E-state index contributed by atoms with van der Waals surface area (Å²) in [6, 6.07) is 0. The molecule has 3 rings (SSSR count). The number of rotatable bonds is 7. The number of hydrogen-bond acceptors (Lipinski definition) is 6. The predicted molar refractivity (Wildman–Crippen MR) is 146 cm³/mol. The lowest BCUT2D eigenvalue weighted by Gasteiger charge is -2.28. The molecule has 0 saturated carbocycles. The van der Waals surface area contributed by atoms with Gasteiger partial charge in [-0.1, -0.05) is 109 Å². The van der Waals surface area contributed by atoms with Crippen LogP contribution >= 0.6 is 64.8 Å². The van der Waals surface area contributed by atoms with Gasteiger partial charge >= 0.3 is 0 Å². The Morgan fingerprint density at radius 1 is 0.786 bits per heavy atom. The van der Waals surface area contributed by atoms with E-state index in [1.807, 2.05) is 0 Å². The summed E-state index contributed by atoms with van der Waals surface area (Å²) in [5, 5.41) is 0. The topological polar surface area (TPSA) is 0 Å². The molecule has 1 fully saturated rings. The molecule has 1 heterocycles. The van der Waals surface area contributed by atoms with Crippen LogP contribution in [0.1, 0.15) is 65.2 Å². The van der Waals surface area contributed by atoms with E-state index in [0.717, 1.165) is 0 Å². The largest absolute Gasteiger partial charge is 0.0941 e. The Balaban J connectivity index is 0.000000200. The van der Waals surface area contributed by atoms with Crippen LogP contribution in [0, 0.1) is 10.8 Å². The maximum absolute atomic E-state index is 2.38. The first-order chi connectivity index (χ1) is 13.7. The lowest BCUT2D eigenvalue weighted by atomic mass is 9.85. The summed E-state index contributed by atoms with van der Waals surface area (Å²) < 4.78 is 0. The third kappa shape index (κ3) is 9.80. The molecule has 0 aromatic heterocycles. The summed E-state index contributed by atoms with van der Waals surface area (Å²) in [5.74, 6) is 8.03. The first-order valence-electron chi connectivity index (χ1n) is 10.8. The number of unbranched alkanes of at least 4 members (excludes halogenated alkanes) is 1. The molecule has 6 heteroatoms. The maximum Gasteiger partial charge on any atom is 0.0108 e. The molecule has 3 aliphatic rings. The quantitative estimate of drug-likeness (QED) is 0.195. The van der Waals surface area contributed by atoms with Gasteiger partial charge in [0.1, 0.15) is 0 Å². The average molecular weight is 495 g/mol. The standard InChI is InChI=1S/C12H22S2.C10H16S4/c1-3-5-10-13-14-11-12(4-2)8-6-7-9-12;1-2-5-10(4-1)8-13-11-6-3-7-12-14-9-10/h6-7H,3-5,8-11H2,1-2H3;1-2H,3-9H2. The fourth-order valence-corrected chi connectivity index (χ4v) is 12.2. The van der Waals surface area contributed by atoms with E-state index in [2.05, 4.69) is 103 Å². The third-order valence-electron chi connectivity index (χ3n) is 5.67. The van der Waals surface area contributed by atoms with Crippen molar-refractivity contribution in [3.8, 4) is 0 Å². The summed E-state index contributed by atoms with van der Waals surface area (Å²) in [4.78, 5) is 0. The highest BCUT2D eigenvalue weighted by atomic mass is 33.1. The molecular formula is C22H38S6. The minimum atomic E-state index is 0.604. The number of hydrogen-bond donors (Lipinski definition) is 0. The van der Waals surface area contributed by atoms with E-state index in [1.54, 1.807) is 0 Å². The molecule has 0 bridgehead atoms. The van der Waals surface area contributed by atoms with E-state index in [4.69, 9.17) is 0 Å². The molecule has 0 atom stereocenters. The highest BCUT2D eigenvalue weighted by molar-refractivity contribution is 8.77. The van der Waals surface area contributed by atoms with Gasteiger partial charge in [0.2, 0.25) is 0 Å². The van der Waals surface area contributed by atoms with Crippen LogP contribution in [0.5, 0.6) is 0 Å². The van der Waals surface area contributed by atoms with Gasteiger partial charge < -0.3 is 0 Å². The molecule has 162 valence electrons. The molecule has 2 aliphatic carbocycles. The van der Waals surface area contributed by atoms with Gasteiger partial charge in [0.05, 0.1) is 0 Å². The Kier molecular flexibility index (Phi) is 14.2. The molecule has 28 heavy (non-hydrogen) atoms. The molecule has 0 amide bonds. The van der Waals surface area contributed by atoms with Gasteiger partial charge in [0.25, 0.3) is 0 Å². The molecule has 1 spiro atoms. The molecule has 1 saturated heterocycles. The molecular weight excluding hydrogens is 457 g/mol. The Labute approximate surface area is 198 Å². The summed E-state index contributed by atoms with van der Waals surface area (Å²) in [6.45, 7) is 4.60. The van der Waals surface area contributed by atoms with Gasteiger partial charge in [-0.15, -0.1) is 0 Å². The van der Waals surface area contributed by atoms with Crippen LogP contribution < -0.4 is 0 Å². The van der Waals surface area contributed by atoms with Crippen LogP contribution in [0.3, 0.4) is 0 Å². The van der Waals surface area contributed by atoms with Crippen molar-refractivity contribution in [2.75, 3.05) is 34.5 Å². The molecule has 0 aromatic rings. The highest BCUT2D eigenvalue weighted by Gasteiger charge is 2.31. The Morgan fingerprint density at radius 2 is 1.39 bits per heavy atom. The summed E-state index contributed by atoms with van der Waals surface area (Å²) in [5.41, 5.74) is 1.22. The van der Waals surface area contributed by atoms with Gasteiger partial charge in [0.15, 0.2) is 0 Å². The van der Waals surface area contributed by atoms with Crippen LogP contribution in [-0.2, 0) is 0 Å². The maximum atomic E-state index is 2.38. The van der Waals surface area contributed by atoms with E-state index in [1.165, 1.54) is 85.9 Å². The van der Waals surface area contributed by atoms with Crippen molar-refractivity contribution < 1.29 is 0 Å². The van der Waals surface area contributed by atoms with Crippen molar-refractivity contribution in [2.45, 2.75) is 65.2 Å². The van der Waals surface area contributed by atoms with E-state index in [-0.39, 0.29) is 0 Å². The smallest absolute Gasteiger partial charge is 0.0108 e. The Morgan fingerprint density at radius 3 is 1.96 bits per heavy atom. The first-order valence-corrected chi connectivity index (χ1v) is 18.2. The Bertz CT molecular complexity index is 434.